The van der Waals surface area contributed by atoms with E-state index in [-0.39, 0.29) is 5.75 Å². The molecule has 0 radical (unpaired) electrons. The second kappa shape index (κ2) is 9.60. The second-order valence-electron chi connectivity index (χ2n) is 3.65. The Morgan fingerprint density at radius 1 is 1.07 bits per heavy atom. The lowest BCUT2D eigenvalue weighted by Crippen LogP contribution is -2.25. The average molecular weight is 300 g/mol. The maximum Gasteiger partial charge on any atom is 0.151 e. The van der Waals surface area contributed by atoms with Gasteiger partial charge in [-0.1, -0.05) is 29.3 Å². The fraction of sp³-hybridized carbons (Fsp3) is 1.00. The fourth-order valence-electron chi connectivity index (χ4n) is 1.29. The third-order valence-corrected chi connectivity index (χ3v) is 4.51. The third-order valence-electron chi connectivity index (χ3n) is 2.09. The summed E-state index contributed by atoms with van der Waals surface area (Å²) < 4.78 is 22.6. The Balaban J connectivity index is 3.31. The quantitative estimate of drug-likeness (QED) is 0.495. The van der Waals surface area contributed by atoms with Gasteiger partial charge in [-0.3, -0.25) is 0 Å². The van der Waals surface area contributed by atoms with Gasteiger partial charge >= 0.3 is 0 Å². The topological polar surface area (TPSA) is 46.2 Å². The summed E-state index contributed by atoms with van der Waals surface area (Å²) in [4.78, 5) is 0. The van der Waals surface area contributed by atoms with Crippen LogP contribution in [0.4, 0.5) is 0 Å². The molecule has 0 heterocycles. The zero-order chi connectivity index (χ0) is 11.6. The molecule has 0 aromatic rings. The number of hydrogen-bond acceptors (Lipinski definition) is 3. The van der Waals surface area contributed by atoms with Crippen molar-refractivity contribution in [3.05, 3.63) is 0 Å². The molecule has 0 aliphatic heterocycles. The summed E-state index contributed by atoms with van der Waals surface area (Å²) in [7, 11) is -2.80. The van der Waals surface area contributed by atoms with E-state index in [4.69, 9.17) is 0 Å². The van der Waals surface area contributed by atoms with Crippen LogP contribution in [0, 0.1) is 0 Å². The molecule has 0 saturated heterocycles. The van der Waals surface area contributed by atoms with Crippen molar-refractivity contribution in [2.24, 2.45) is 0 Å². The van der Waals surface area contributed by atoms with E-state index in [2.05, 4.69) is 21.2 Å². The van der Waals surface area contributed by atoms with E-state index in [1.165, 1.54) is 12.8 Å². The van der Waals surface area contributed by atoms with Gasteiger partial charge in [-0.25, -0.2) is 8.42 Å². The largest absolute Gasteiger partial charge is 0.316 e. The molecule has 0 bridgehead atoms. The van der Waals surface area contributed by atoms with Crippen LogP contribution in [0.2, 0.25) is 0 Å². The lowest BCUT2D eigenvalue weighted by molar-refractivity contribution is 0.585. The molecule has 3 nitrogen and oxygen atoms in total. The molecule has 0 aliphatic carbocycles. The molecule has 1 N–H and O–H groups in total. The summed E-state index contributed by atoms with van der Waals surface area (Å²) in [5, 5.41) is 4.22. The summed E-state index contributed by atoms with van der Waals surface area (Å²) in [5.74, 6) is 0.595. The van der Waals surface area contributed by atoms with Gasteiger partial charge in [-0.15, -0.1) is 0 Å². The normalized spacial score (nSPS) is 11.9. The molecule has 15 heavy (non-hydrogen) atoms. The van der Waals surface area contributed by atoms with Gasteiger partial charge in [0.15, 0.2) is 9.84 Å². The third kappa shape index (κ3) is 10.7. The van der Waals surface area contributed by atoms with Crippen LogP contribution in [0.5, 0.6) is 0 Å². The predicted molar refractivity (Wildman–Crippen MR) is 69.5 cm³/mol. The Morgan fingerprint density at radius 2 is 1.80 bits per heavy atom. The van der Waals surface area contributed by atoms with Crippen LogP contribution in [0.3, 0.4) is 0 Å². The highest BCUT2D eigenvalue weighted by molar-refractivity contribution is 9.09. The van der Waals surface area contributed by atoms with E-state index in [0.29, 0.717) is 18.7 Å². The van der Waals surface area contributed by atoms with Gasteiger partial charge in [-0.2, -0.15) is 0 Å². The first-order valence-electron chi connectivity index (χ1n) is 5.59. The first-order valence-corrected chi connectivity index (χ1v) is 8.53. The van der Waals surface area contributed by atoms with Crippen LogP contribution < -0.4 is 5.32 Å². The Kier molecular flexibility index (Phi) is 9.85. The van der Waals surface area contributed by atoms with E-state index >= 15 is 0 Å². The molecule has 0 aliphatic rings. The number of hydrogen-bond donors (Lipinski definition) is 1. The number of alkyl halides is 1. The van der Waals surface area contributed by atoms with Crippen LogP contribution in [0.1, 0.15) is 32.6 Å². The summed E-state index contributed by atoms with van der Waals surface area (Å²) in [6, 6.07) is 0. The number of unbranched alkanes of at least 4 members (excludes halogenated alkanes) is 2. The van der Waals surface area contributed by atoms with Gasteiger partial charge in [0.25, 0.3) is 0 Å². The summed E-state index contributed by atoms with van der Waals surface area (Å²) in [5.41, 5.74) is 0. The van der Waals surface area contributed by atoms with Gasteiger partial charge in [0.2, 0.25) is 0 Å². The Morgan fingerprint density at radius 3 is 2.40 bits per heavy atom. The summed E-state index contributed by atoms with van der Waals surface area (Å²) in [6.07, 6.45) is 4.22. The van der Waals surface area contributed by atoms with Gasteiger partial charge in [0.1, 0.15) is 0 Å². The Labute approximate surface area is 102 Å². The Hall–Kier alpha value is 0.390. The van der Waals surface area contributed by atoms with Crippen molar-refractivity contribution < 1.29 is 8.42 Å². The minimum absolute atomic E-state index is 0.277. The molecule has 0 rings (SSSR count). The minimum Gasteiger partial charge on any atom is -0.316 e. The zero-order valence-corrected chi connectivity index (χ0v) is 11.9. The van der Waals surface area contributed by atoms with Crippen molar-refractivity contribution in [2.45, 2.75) is 32.6 Å². The molecule has 0 aromatic carbocycles. The first-order chi connectivity index (χ1) is 7.12. The van der Waals surface area contributed by atoms with Crippen molar-refractivity contribution in [1.29, 1.82) is 0 Å². The number of rotatable bonds is 10. The molecule has 5 heteroatoms. The standard InChI is InChI=1S/C10H22BrNO2S/c1-2-9-15(13,14)10-8-12-7-5-3-4-6-11/h12H,2-10H2,1H3. The lowest BCUT2D eigenvalue weighted by Gasteiger charge is -2.04. The van der Waals surface area contributed by atoms with Gasteiger partial charge in [-0.05, 0) is 25.8 Å². The van der Waals surface area contributed by atoms with Crippen LogP contribution in [-0.4, -0.2) is 38.3 Å². The first kappa shape index (κ1) is 15.4. The van der Waals surface area contributed by atoms with Gasteiger partial charge in [0.05, 0.1) is 5.75 Å². The highest BCUT2D eigenvalue weighted by atomic mass is 79.9. The minimum atomic E-state index is -2.80. The van der Waals surface area contributed by atoms with E-state index < -0.39 is 9.84 Å². The van der Waals surface area contributed by atoms with Crippen LogP contribution in [0.25, 0.3) is 0 Å². The molecule has 0 aromatic heterocycles. The van der Waals surface area contributed by atoms with E-state index in [9.17, 15) is 8.42 Å². The molecule has 0 fully saturated rings. The zero-order valence-electron chi connectivity index (χ0n) is 9.47. The van der Waals surface area contributed by atoms with E-state index in [0.717, 1.165) is 18.3 Å². The molecule has 0 atom stereocenters. The highest BCUT2D eigenvalue weighted by Gasteiger charge is 2.07. The summed E-state index contributed by atoms with van der Waals surface area (Å²) in [6.45, 7) is 3.41. The second-order valence-corrected chi connectivity index (χ2v) is 6.75. The van der Waals surface area contributed by atoms with E-state index in [1.807, 2.05) is 6.92 Å². The fourth-order valence-corrected chi connectivity index (χ4v) is 2.96. The smallest absolute Gasteiger partial charge is 0.151 e. The predicted octanol–water partition coefficient (Wildman–Crippen LogP) is 1.97. The molecular formula is C10H22BrNO2S. The van der Waals surface area contributed by atoms with Gasteiger partial charge in [0, 0.05) is 17.6 Å². The van der Waals surface area contributed by atoms with Crippen LogP contribution >= 0.6 is 15.9 Å². The molecule has 0 saturated carbocycles. The molecule has 0 amide bonds. The lowest BCUT2D eigenvalue weighted by atomic mass is 10.2. The van der Waals surface area contributed by atoms with Crippen molar-refractivity contribution >= 4 is 25.8 Å². The SMILES string of the molecule is CCCS(=O)(=O)CCNCCCCCBr. The number of nitrogens with one attached hydrogen (secondary N) is 1. The number of sulfone groups is 1. The maximum atomic E-state index is 11.3. The summed E-state index contributed by atoms with van der Waals surface area (Å²) >= 11 is 3.38. The van der Waals surface area contributed by atoms with Crippen molar-refractivity contribution in [3.8, 4) is 0 Å². The number of halogens is 1. The monoisotopic (exact) mass is 299 g/mol. The van der Waals surface area contributed by atoms with Gasteiger partial charge < -0.3 is 5.32 Å². The molecule has 92 valence electrons. The van der Waals surface area contributed by atoms with Crippen molar-refractivity contribution in [2.75, 3.05) is 29.9 Å². The van der Waals surface area contributed by atoms with Crippen LogP contribution in [-0.2, 0) is 9.84 Å². The van der Waals surface area contributed by atoms with Crippen molar-refractivity contribution in [1.82, 2.24) is 5.32 Å². The highest BCUT2D eigenvalue weighted by Crippen LogP contribution is 1.97. The average Bonchev–Trinajstić information content (AvgIpc) is 2.16. The molecular weight excluding hydrogens is 278 g/mol. The van der Waals surface area contributed by atoms with Crippen LogP contribution in [0.15, 0.2) is 0 Å². The molecule has 0 spiro atoms. The Bertz CT molecular complexity index is 230. The maximum absolute atomic E-state index is 11.3. The van der Waals surface area contributed by atoms with Crippen molar-refractivity contribution in [3.63, 3.8) is 0 Å². The van der Waals surface area contributed by atoms with E-state index in [1.54, 1.807) is 0 Å². The molecule has 0 unspecified atom stereocenters.